The number of aromatic nitrogens is 2. The van der Waals surface area contributed by atoms with Crippen molar-refractivity contribution in [3.8, 4) is 5.75 Å². The van der Waals surface area contributed by atoms with Crippen LogP contribution in [0.15, 0.2) is 22.7 Å². The van der Waals surface area contributed by atoms with Gasteiger partial charge in [-0.05, 0) is 18.1 Å². The molecule has 0 radical (unpaired) electrons. The van der Waals surface area contributed by atoms with Gasteiger partial charge in [-0.25, -0.2) is 4.39 Å². The largest absolute Gasteiger partial charge is 0.494 e. The zero-order valence-electron chi connectivity index (χ0n) is 11.9. The van der Waals surface area contributed by atoms with Crippen molar-refractivity contribution in [2.24, 2.45) is 0 Å². The van der Waals surface area contributed by atoms with E-state index in [1.54, 1.807) is 18.2 Å². The number of ether oxygens (including phenoxy) is 1. The molecule has 1 aromatic carbocycles. The molecule has 0 unspecified atom stereocenters. The van der Waals surface area contributed by atoms with E-state index in [1.165, 1.54) is 14.2 Å². The van der Waals surface area contributed by atoms with E-state index in [1.807, 2.05) is 0 Å². The van der Waals surface area contributed by atoms with Gasteiger partial charge in [0.1, 0.15) is 0 Å². The fourth-order valence-electron chi connectivity index (χ4n) is 1.84. The van der Waals surface area contributed by atoms with Gasteiger partial charge in [-0.3, -0.25) is 4.79 Å². The maximum Gasteiger partial charge on any atom is 0.227 e. The molecule has 0 aliphatic heterocycles. The first-order valence-electron chi connectivity index (χ1n) is 6.47. The lowest BCUT2D eigenvalue weighted by Gasteiger charge is -2.05. The molecule has 1 N–H and O–H groups in total. The van der Waals surface area contributed by atoms with Crippen molar-refractivity contribution in [1.82, 2.24) is 15.5 Å². The number of aryl methyl sites for hydroxylation is 2. The molecule has 0 bridgehead atoms. The van der Waals surface area contributed by atoms with Gasteiger partial charge in [-0.2, -0.15) is 4.98 Å². The predicted molar refractivity (Wildman–Crippen MR) is 72.4 cm³/mol. The molecule has 1 amide bonds. The minimum absolute atomic E-state index is 0.0630. The number of likely N-dealkylation sites (N-methyl/N-ethyl adjacent to an activating group) is 1. The van der Waals surface area contributed by atoms with Crippen LogP contribution in [0.3, 0.4) is 0 Å². The van der Waals surface area contributed by atoms with E-state index in [0.29, 0.717) is 30.1 Å². The summed E-state index contributed by atoms with van der Waals surface area (Å²) >= 11 is 0. The molecular formula is C14H16FN3O3. The van der Waals surface area contributed by atoms with Crippen molar-refractivity contribution in [2.75, 3.05) is 14.2 Å². The predicted octanol–water partition coefficient (Wildman–Crippen LogP) is 1.29. The molecule has 0 saturated heterocycles. The van der Waals surface area contributed by atoms with Gasteiger partial charge in [0.15, 0.2) is 17.4 Å². The topological polar surface area (TPSA) is 77.2 Å². The number of benzene rings is 1. The Morgan fingerprint density at radius 1 is 1.43 bits per heavy atom. The summed E-state index contributed by atoms with van der Waals surface area (Å²) in [6.07, 6.45) is 0.864. The summed E-state index contributed by atoms with van der Waals surface area (Å²) in [5, 5.41) is 6.18. The summed E-state index contributed by atoms with van der Waals surface area (Å²) in [5.41, 5.74) is 0.514. The third-order valence-corrected chi connectivity index (χ3v) is 2.98. The SMILES string of the molecule is CNC(=O)Cc1noc(CCc2cccc(OC)c2F)n1. The summed E-state index contributed by atoms with van der Waals surface area (Å²) in [6.45, 7) is 0. The normalized spacial score (nSPS) is 10.4. The summed E-state index contributed by atoms with van der Waals surface area (Å²) in [4.78, 5) is 15.3. The van der Waals surface area contributed by atoms with Gasteiger partial charge in [0.25, 0.3) is 0 Å². The maximum atomic E-state index is 14.0. The first-order valence-corrected chi connectivity index (χ1v) is 6.47. The minimum atomic E-state index is -0.384. The Balaban J connectivity index is 1.99. The molecular weight excluding hydrogens is 277 g/mol. The molecule has 0 saturated carbocycles. The van der Waals surface area contributed by atoms with Crippen LogP contribution in [-0.2, 0) is 24.1 Å². The molecule has 2 rings (SSSR count). The fourth-order valence-corrected chi connectivity index (χ4v) is 1.84. The quantitative estimate of drug-likeness (QED) is 0.868. The second-order valence-electron chi connectivity index (χ2n) is 4.39. The van der Waals surface area contributed by atoms with E-state index in [0.717, 1.165) is 0 Å². The second kappa shape index (κ2) is 6.83. The lowest BCUT2D eigenvalue weighted by molar-refractivity contribution is -0.120. The van der Waals surface area contributed by atoms with Crippen LogP contribution in [0.4, 0.5) is 4.39 Å². The Morgan fingerprint density at radius 3 is 2.95 bits per heavy atom. The van der Waals surface area contributed by atoms with E-state index in [9.17, 15) is 9.18 Å². The molecule has 0 atom stereocenters. The number of halogens is 1. The smallest absolute Gasteiger partial charge is 0.227 e. The molecule has 6 nitrogen and oxygen atoms in total. The zero-order chi connectivity index (χ0) is 15.2. The van der Waals surface area contributed by atoms with Crippen LogP contribution in [0.2, 0.25) is 0 Å². The Kier molecular flexibility index (Phi) is 4.86. The summed E-state index contributed by atoms with van der Waals surface area (Å²) < 4.78 is 23.9. The lowest BCUT2D eigenvalue weighted by atomic mass is 10.1. The first kappa shape index (κ1) is 15.0. The van der Waals surface area contributed by atoms with E-state index in [-0.39, 0.29) is 23.9 Å². The molecule has 0 fully saturated rings. The highest BCUT2D eigenvalue weighted by Gasteiger charge is 2.12. The molecule has 1 aromatic heterocycles. The van der Waals surface area contributed by atoms with Gasteiger partial charge < -0.3 is 14.6 Å². The fraction of sp³-hybridized carbons (Fsp3) is 0.357. The lowest BCUT2D eigenvalue weighted by Crippen LogP contribution is -2.20. The number of methoxy groups -OCH3 is 1. The molecule has 7 heteroatoms. The number of nitrogens with zero attached hydrogens (tertiary/aromatic N) is 2. The third kappa shape index (κ3) is 3.77. The highest BCUT2D eigenvalue weighted by molar-refractivity contribution is 5.77. The van der Waals surface area contributed by atoms with Gasteiger partial charge in [0.2, 0.25) is 11.8 Å². The number of hydrogen-bond acceptors (Lipinski definition) is 5. The van der Waals surface area contributed by atoms with Gasteiger partial charge in [-0.1, -0.05) is 17.3 Å². The van der Waals surface area contributed by atoms with Crippen LogP contribution in [0.1, 0.15) is 17.3 Å². The minimum Gasteiger partial charge on any atom is -0.494 e. The number of rotatable bonds is 6. The van der Waals surface area contributed by atoms with Gasteiger partial charge >= 0.3 is 0 Å². The van der Waals surface area contributed by atoms with E-state index in [2.05, 4.69) is 15.5 Å². The van der Waals surface area contributed by atoms with Gasteiger partial charge in [-0.15, -0.1) is 0 Å². The van der Waals surface area contributed by atoms with Crippen LogP contribution >= 0.6 is 0 Å². The molecule has 112 valence electrons. The van der Waals surface area contributed by atoms with Crippen molar-refractivity contribution in [2.45, 2.75) is 19.3 Å². The van der Waals surface area contributed by atoms with Crippen molar-refractivity contribution < 1.29 is 18.4 Å². The van der Waals surface area contributed by atoms with E-state index in [4.69, 9.17) is 9.26 Å². The van der Waals surface area contributed by atoms with Crippen molar-refractivity contribution >= 4 is 5.91 Å². The zero-order valence-corrected chi connectivity index (χ0v) is 11.9. The van der Waals surface area contributed by atoms with Crippen molar-refractivity contribution in [1.29, 1.82) is 0 Å². The number of amides is 1. The Labute approximate surface area is 121 Å². The molecule has 21 heavy (non-hydrogen) atoms. The van der Waals surface area contributed by atoms with Crippen LogP contribution < -0.4 is 10.1 Å². The molecule has 2 aromatic rings. The van der Waals surface area contributed by atoms with Gasteiger partial charge in [0.05, 0.1) is 13.5 Å². The Hall–Kier alpha value is -2.44. The van der Waals surface area contributed by atoms with Crippen LogP contribution in [0, 0.1) is 5.82 Å². The van der Waals surface area contributed by atoms with E-state index >= 15 is 0 Å². The number of hydrogen-bond donors (Lipinski definition) is 1. The number of carbonyl (C=O) groups excluding carboxylic acids is 1. The van der Waals surface area contributed by atoms with Crippen molar-refractivity contribution in [3.05, 3.63) is 41.3 Å². The van der Waals surface area contributed by atoms with Crippen molar-refractivity contribution in [3.63, 3.8) is 0 Å². The first-order chi connectivity index (χ1) is 10.1. The Bertz CT molecular complexity index is 628. The number of carbonyl (C=O) groups is 1. The number of nitrogens with one attached hydrogen (secondary N) is 1. The maximum absolute atomic E-state index is 14.0. The monoisotopic (exact) mass is 293 g/mol. The second-order valence-corrected chi connectivity index (χ2v) is 4.39. The summed E-state index contributed by atoms with van der Waals surface area (Å²) in [7, 11) is 2.96. The molecule has 0 aliphatic carbocycles. The average Bonchev–Trinajstić information content (AvgIpc) is 2.93. The van der Waals surface area contributed by atoms with Crippen LogP contribution in [0.25, 0.3) is 0 Å². The molecule has 1 heterocycles. The highest BCUT2D eigenvalue weighted by atomic mass is 19.1. The van der Waals surface area contributed by atoms with E-state index < -0.39 is 0 Å². The van der Waals surface area contributed by atoms with Crippen LogP contribution in [0.5, 0.6) is 5.75 Å². The average molecular weight is 293 g/mol. The van der Waals surface area contributed by atoms with Crippen LogP contribution in [-0.4, -0.2) is 30.2 Å². The third-order valence-electron chi connectivity index (χ3n) is 2.98. The molecule has 0 aliphatic rings. The standard InChI is InChI=1S/C14H16FN3O3/c1-16-12(19)8-11-17-13(21-18-11)7-6-9-4-3-5-10(20-2)14(9)15/h3-5H,6-8H2,1-2H3,(H,16,19). The summed E-state index contributed by atoms with van der Waals surface area (Å²) in [6, 6.07) is 4.97. The Morgan fingerprint density at radius 2 is 2.24 bits per heavy atom. The highest BCUT2D eigenvalue weighted by Crippen LogP contribution is 2.21. The van der Waals surface area contributed by atoms with Gasteiger partial charge in [0, 0.05) is 13.5 Å². The summed E-state index contributed by atoms with van der Waals surface area (Å²) in [5.74, 6) is 0.316. The molecule has 0 spiro atoms.